The number of nitrogens with one attached hydrogen (secondary N) is 1. The molecule has 0 spiro atoms. The summed E-state index contributed by atoms with van der Waals surface area (Å²) in [5.41, 5.74) is 2.22. The van der Waals surface area contributed by atoms with Crippen LogP contribution >= 0.6 is 0 Å². The van der Waals surface area contributed by atoms with Gasteiger partial charge in [0.25, 0.3) is 0 Å². The molecule has 0 aliphatic heterocycles. The summed E-state index contributed by atoms with van der Waals surface area (Å²) >= 11 is 0. The summed E-state index contributed by atoms with van der Waals surface area (Å²) in [7, 11) is 1.54. The van der Waals surface area contributed by atoms with Gasteiger partial charge in [0, 0.05) is 7.05 Å². The molecule has 15 heavy (non-hydrogen) atoms. The van der Waals surface area contributed by atoms with E-state index < -0.39 is 0 Å². The molecule has 0 heterocycles. The van der Waals surface area contributed by atoms with Crippen LogP contribution in [0.15, 0.2) is 12.1 Å². The van der Waals surface area contributed by atoms with Gasteiger partial charge >= 0.3 is 51.4 Å². The molecule has 1 aromatic carbocycles. The molecule has 0 saturated carbocycles. The van der Waals surface area contributed by atoms with Crippen LogP contribution in [0.4, 0.5) is 0 Å². The zero-order valence-corrected chi connectivity index (χ0v) is 12.3. The Morgan fingerprint density at radius 1 is 1.47 bits per heavy atom. The van der Waals surface area contributed by atoms with Crippen molar-refractivity contribution >= 4 is 12.2 Å². The van der Waals surface area contributed by atoms with Crippen LogP contribution in [-0.2, 0) is 4.79 Å². The Kier molecular flexibility index (Phi) is 6.39. The van der Waals surface area contributed by atoms with Gasteiger partial charge in [0.2, 0.25) is 5.91 Å². The topological polar surface area (TPSA) is 46.2 Å². The van der Waals surface area contributed by atoms with Gasteiger partial charge in [-0.2, -0.15) is 0 Å². The van der Waals surface area contributed by atoms with Gasteiger partial charge in [0.05, 0.1) is 0 Å². The van der Waals surface area contributed by atoms with Crippen molar-refractivity contribution in [3.05, 3.63) is 41.3 Å². The number of amides is 1. The SMILES string of the molecule is [CH2-]c1c(C)cc(C(=O)NC)cc1[C-]=O.[K+]. The molecule has 0 unspecified atom stereocenters. The minimum absolute atomic E-state index is 0. The van der Waals surface area contributed by atoms with Crippen LogP contribution in [0.2, 0.25) is 0 Å². The summed E-state index contributed by atoms with van der Waals surface area (Å²) in [6.45, 7) is 5.52. The third-order valence-corrected chi connectivity index (χ3v) is 2.07. The molecule has 0 aromatic heterocycles. The average Bonchev–Trinajstić information content (AvgIpc) is 2.20. The largest absolute Gasteiger partial charge is 1.00 e. The Morgan fingerprint density at radius 2 is 2.07 bits per heavy atom. The summed E-state index contributed by atoms with van der Waals surface area (Å²) in [5.74, 6) is -0.218. The molecule has 3 nitrogen and oxygen atoms in total. The number of benzene rings is 1. The van der Waals surface area contributed by atoms with Crippen LogP contribution in [0, 0.1) is 13.8 Å². The number of aryl methyl sites for hydroxylation is 1. The Bertz CT molecular complexity index is 388. The van der Waals surface area contributed by atoms with E-state index in [0.29, 0.717) is 16.7 Å². The van der Waals surface area contributed by atoms with Gasteiger partial charge < -0.3 is 10.1 Å². The van der Waals surface area contributed by atoms with Crippen molar-refractivity contribution < 1.29 is 61.0 Å². The van der Waals surface area contributed by atoms with Gasteiger partial charge in [0.1, 0.15) is 0 Å². The molecule has 0 atom stereocenters. The minimum Gasteiger partial charge on any atom is -0.391 e. The molecule has 1 aromatic rings. The fraction of sp³-hybridized carbons (Fsp3) is 0.182. The minimum atomic E-state index is -0.218. The van der Waals surface area contributed by atoms with Gasteiger partial charge in [-0.05, 0) is 11.8 Å². The van der Waals surface area contributed by atoms with Crippen molar-refractivity contribution in [2.75, 3.05) is 7.05 Å². The first-order valence-corrected chi connectivity index (χ1v) is 4.17. The summed E-state index contributed by atoms with van der Waals surface area (Å²) in [6, 6.07) is 3.18. The average molecular weight is 228 g/mol. The fourth-order valence-electron chi connectivity index (χ4n) is 1.18. The van der Waals surface area contributed by atoms with E-state index in [0.717, 1.165) is 5.56 Å². The van der Waals surface area contributed by atoms with Crippen molar-refractivity contribution in [3.63, 3.8) is 0 Å². The second-order valence-electron chi connectivity index (χ2n) is 3.00. The first kappa shape index (κ1) is 14.9. The van der Waals surface area contributed by atoms with Crippen LogP contribution < -0.4 is 56.7 Å². The van der Waals surface area contributed by atoms with Crippen LogP contribution in [0.5, 0.6) is 0 Å². The normalized spacial score (nSPS) is 8.93. The zero-order chi connectivity index (χ0) is 10.7. The van der Waals surface area contributed by atoms with Gasteiger partial charge in [-0.15, -0.1) is 6.07 Å². The number of hydrogen-bond donors (Lipinski definition) is 1. The molecule has 1 N–H and O–H groups in total. The molecular weight excluding hydrogens is 217 g/mol. The molecule has 1 amide bonds. The first-order valence-electron chi connectivity index (χ1n) is 4.17. The van der Waals surface area contributed by atoms with Gasteiger partial charge in [-0.25, -0.2) is 11.6 Å². The third-order valence-electron chi connectivity index (χ3n) is 2.07. The molecule has 0 bridgehead atoms. The quantitative estimate of drug-likeness (QED) is 0.470. The van der Waals surface area contributed by atoms with Gasteiger partial charge in [-0.1, -0.05) is 6.92 Å². The van der Waals surface area contributed by atoms with Crippen LogP contribution in [-0.4, -0.2) is 19.2 Å². The first-order chi connectivity index (χ1) is 6.60. The predicted octanol–water partition coefficient (Wildman–Crippen LogP) is -2.00. The zero-order valence-electron chi connectivity index (χ0n) is 9.18. The maximum absolute atomic E-state index is 11.3. The molecule has 0 aliphatic rings. The van der Waals surface area contributed by atoms with E-state index in [1.165, 1.54) is 6.07 Å². The molecular formula is C11H11KNO2-. The third kappa shape index (κ3) is 3.43. The standard InChI is InChI=1S/C11H11NO2.K/c1-7-4-9(11(14)12-3)5-10(6-13)8(7)2;/h4-5H,2H2,1,3H3,(H,12,14);/q-2;+1. The number of hydrogen-bond acceptors (Lipinski definition) is 2. The summed E-state index contributed by atoms with van der Waals surface area (Å²) in [5, 5.41) is 2.49. The van der Waals surface area contributed by atoms with E-state index in [1.807, 2.05) is 0 Å². The smallest absolute Gasteiger partial charge is 0.391 e. The molecule has 74 valence electrons. The van der Waals surface area contributed by atoms with Gasteiger partial charge in [-0.3, -0.25) is 22.8 Å². The van der Waals surface area contributed by atoms with Crippen molar-refractivity contribution in [2.24, 2.45) is 0 Å². The molecule has 0 radical (unpaired) electrons. The van der Waals surface area contributed by atoms with E-state index >= 15 is 0 Å². The molecule has 4 heteroatoms. The Labute approximate surface area is 132 Å². The van der Waals surface area contributed by atoms with Crippen LogP contribution in [0.3, 0.4) is 0 Å². The summed E-state index contributed by atoms with van der Waals surface area (Å²) in [4.78, 5) is 21.8. The molecule has 0 saturated heterocycles. The second kappa shape index (κ2) is 6.45. The Balaban J connectivity index is 0.00000196. The van der Waals surface area contributed by atoms with E-state index in [9.17, 15) is 9.59 Å². The van der Waals surface area contributed by atoms with Gasteiger partial charge in [0.15, 0.2) is 0 Å². The number of rotatable bonds is 2. The van der Waals surface area contributed by atoms with E-state index in [1.54, 1.807) is 26.3 Å². The fourth-order valence-corrected chi connectivity index (χ4v) is 1.18. The monoisotopic (exact) mass is 228 g/mol. The maximum Gasteiger partial charge on any atom is 1.00 e. The van der Waals surface area contributed by atoms with Crippen LogP contribution in [0.1, 0.15) is 27.0 Å². The number of carbonyl (C=O) groups is 1. The Hall–Kier alpha value is -0.134. The van der Waals surface area contributed by atoms with E-state index in [2.05, 4.69) is 12.2 Å². The number of carbonyl (C=O) groups excluding carboxylic acids is 2. The summed E-state index contributed by atoms with van der Waals surface area (Å²) in [6.07, 6.45) is 1.76. The van der Waals surface area contributed by atoms with Crippen molar-refractivity contribution in [2.45, 2.75) is 6.92 Å². The maximum atomic E-state index is 11.3. The molecule has 0 aliphatic carbocycles. The predicted molar refractivity (Wildman–Crippen MR) is 53.8 cm³/mol. The second-order valence-corrected chi connectivity index (χ2v) is 3.00. The van der Waals surface area contributed by atoms with E-state index in [-0.39, 0.29) is 57.3 Å². The van der Waals surface area contributed by atoms with E-state index in [4.69, 9.17) is 0 Å². The summed E-state index contributed by atoms with van der Waals surface area (Å²) < 4.78 is 0. The Morgan fingerprint density at radius 3 is 2.53 bits per heavy atom. The van der Waals surface area contributed by atoms with Crippen molar-refractivity contribution in [1.82, 2.24) is 5.32 Å². The molecule has 1 rings (SSSR count). The van der Waals surface area contributed by atoms with Crippen LogP contribution in [0.25, 0.3) is 0 Å². The molecule has 0 fully saturated rings. The van der Waals surface area contributed by atoms with Crippen molar-refractivity contribution in [3.8, 4) is 0 Å². The van der Waals surface area contributed by atoms with Crippen molar-refractivity contribution in [1.29, 1.82) is 0 Å².